The smallest absolute Gasteiger partial charge is 0.277 e. The summed E-state index contributed by atoms with van der Waals surface area (Å²) in [5.74, 6) is 1.51. The highest BCUT2D eigenvalue weighted by molar-refractivity contribution is 8.00. The molecule has 0 fully saturated rings. The number of benzene rings is 2. The maximum absolute atomic E-state index is 12.5. The predicted octanol–water partition coefficient (Wildman–Crippen LogP) is 3.80. The van der Waals surface area contributed by atoms with Crippen molar-refractivity contribution < 1.29 is 18.7 Å². The van der Waals surface area contributed by atoms with Gasteiger partial charge in [-0.1, -0.05) is 42.1 Å². The fourth-order valence-electron chi connectivity index (χ4n) is 2.46. The van der Waals surface area contributed by atoms with Crippen LogP contribution in [0.5, 0.6) is 11.5 Å². The Bertz CT molecular complexity index is 908. The maximum atomic E-state index is 12.5. The van der Waals surface area contributed by atoms with Crippen LogP contribution in [-0.4, -0.2) is 35.6 Å². The molecule has 1 atom stereocenters. The number of thioether (sulfide) groups is 1. The van der Waals surface area contributed by atoms with Gasteiger partial charge in [-0.15, -0.1) is 10.2 Å². The number of carbonyl (C=O) groups excluding carboxylic acids is 1. The van der Waals surface area contributed by atoms with Crippen molar-refractivity contribution in [2.75, 3.05) is 19.5 Å². The molecule has 0 aliphatic carbocycles. The molecule has 0 saturated heterocycles. The summed E-state index contributed by atoms with van der Waals surface area (Å²) in [5, 5.41) is 10.9. The highest BCUT2D eigenvalue weighted by atomic mass is 32.2. The summed E-state index contributed by atoms with van der Waals surface area (Å²) in [5.41, 5.74) is 1.67. The van der Waals surface area contributed by atoms with Crippen LogP contribution in [0.25, 0.3) is 0 Å². The molecule has 146 valence electrons. The largest absolute Gasteiger partial charge is 0.497 e. The minimum atomic E-state index is -0.428. The van der Waals surface area contributed by atoms with Gasteiger partial charge in [-0.2, -0.15) is 0 Å². The van der Waals surface area contributed by atoms with Gasteiger partial charge >= 0.3 is 0 Å². The van der Waals surface area contributed by atoms with Crippen LogP contribution in [-0.2, 0) is 11.2 Å². The Morgan fingerprint density at radius 2 is 1.79 bits per heavy atom. The minimum absolute atomic E-state index is 0.192. The first kappa shape index (κ1) is 19.8. The third-order valence-corrected chi connectivity index (χ3v) is 4.85. The van der Waals surface area contributed by atoms with E-state index < -0.39 is 5.25 Å². The number of hydrogen-bond donors (Lipinski definition) is 1. The molecule has 1 unspecified atom stereocenters. The van der Waals surface area contributed by atoms with Crippen molar-refractivity contribution in [2.45, 2.75) is 23.8 Å². The number of methoxy groups -OCH3 is 2. The molecule has 1 heterocycles. The highest BCUT2D eigenvalue weighted by Crippen LogP contribution is 2.28. The quantitative estimate of drug-likeness (QED) is 0.577. The summed E-state index contributed by atoms with van der Waals surface area (Å²) in [6.45, 7) is 1.78. The van der Waals surface area contributed by atoms with Crippen LogP contribution in [0.1, 0.15) is 18.4 Å². The van der Waals surface area contributed by atoms with Crippen molar-refractivity contribution in [1.29, 1.82) is 0 Å². The zero-order chi connectivity index (χ0) is 19.9. The second kappa shape index (κ2) is 9.27. The van der Waals surface area contributed by atoms with Gasteiger partial charge in [0.05, 0.1) is 25.9 Å². The standard InChI is InChI=1S/C20H21N3O4S/c1-13(19(24)21-15-10-16(25-2)12-17(11-15)26-3)28-20-23-22-18(27-20)9-14-7-5-4-6-8-14/h4-8,10-13H,9H2,1-3H3,(H,21,24). The number of hydrogen-bond acceptors (Lipinski definition) is 7. The normalized spacial score (nSPS) is 11.7. The molecule has 3 rings (SSSR count). The van der Waals surface area contributed by atoms with E-state index in [1.165, 1.54) is 11.8 Å². The van der Waals surface area contributed by atoms with Gasteiger partial charge < -0.3 is 19.2 Å². The van der Waals surface area contributed by atoms with Crippen LogP contribution in [0.15, 0.2) is 58.2 Å². The molecule has 0 radical (unpaired) electrons. The fraction of sp³-hybridized carbons (Fsp3) is 0.250. The molecule has 1 aromatic heterocycles. The molecule has 1 N–H and O–H groups in total. The van der Waals surface area contributed by atoms with Crippen LogP contribution in [0.4, 0.5) is 5.69 Å². The van der Waals surface area contributed by atoms with Gasteiger partial charge in [0.15, 0.2) is 0 Å². The fourth-order valence-corrected chi connectivity index (χ4v) is 3.16. The average Bonchev–Trinajstić information content (AvgIpc) is 3.14. The molecule has 0 saturated carbocycles. The molecule has 0 aliphatic heterocycles. The van der Waals surface area contributed by atoms with Gasteiger partial charge in [-0.3, -0.25) is 4.79 Å². The summed E-state index contributed by atoms with van der Waals surface area (Å²) in [6.07, 6.45) is 0.554. The Labute approximate surface area is 167 Å². The number of rotatable bonds is 8. The van der Waals surface area contributed by atoms with E-state index in [-0.39, 0.29) is 5.91 Å². The highest BCUT2D eigenvalue weighted by Gasteiger charge is 2.19. The molecular formula is C20H21N3O4S. The number of aromatic nitrogens is 2. The van der Waals surface area contributed by atoms with Gasteiger partial charge in [0.1, 0.15) is 11.5 Å². The third-order valence-electron chi connectivity index (χ3n) is 3.91. The first-order valence-corrected chi connectivity index (χ1v) is 9.52. The zero-order valence-corrected chi connectivity index (χ0v) is 16.7. The molecule has 3 aromatic rings. The maximum Gasteiger partial charge on any atom is 0.277 e. The lowest BCUT2D eigenvalue weighted by Crippen LogP contribution is -2.22. The van der Waals surface area contributed by atoms with E-state index in [1.54, 1.807) is 39.3 Å². The van der Waals surface area contributed by atoms with E-state index in [2.05, 4.69) is 15.5 Å². The number of amides is 1. The molecule has 1 amide bonds. The third kappa shape index (κ3) is 5.26. The first-order valence-electron chi connectivity index (χ1n) is 8.64. The second-order valence-corrected chi connectivity index (χ2v) is 7.27. The Hall–Kier alpha value is -3.00. The summed E-state index contributed by atoms with van der Waals surface area (Å²) in [7, 11) is 3.11. The molecule has 0 spiro atoms. The first-order chi connectivity index (χ1) is 13.6. The Kier molecular flexibility index (Phi) is 6.54. The molecule has 0 bridgehead atoms. The van der Waals surface area contributed by atoms with Crippen molar-refractivity contribution >= 4 is 23.4 Å². The van der Waals surface area contributed by atoms with E-state index in [0.29, 0.717) is 34.7 Å². The number of nitrogens with one attached hydrogen (secondary N) is 1. The molecule has 2 aromatic carbocycles. The van der Waals surface area contributed by atoms with Crippen LogP contribution in [0, 0.1) is 0 Å². The lowest BCUT2D eigenvalue weighted by molar-refractivity contribution is -0.115. The van der Waals surface area contributed by atoms with Gasteiger partial charge in [-0.05, 0) is 12.5 Å². The van der Waals surface area contributed by atoms with Crippen molar-refractivity contribution in [2.24, 2.45) is 0 Å². The molecule has 7 nitrogen and oxygen atoms in total. The SMILES string of the molecule is COc1cc(NC(=O)C(C)Sc2nnc(Cc3ccccc3)o2)cc(OC)c1. The van der Waals surface area contributed by atoms with Crippen molar-refractivity contribution in [3.63, 3.8) is 0 Å². The minimum Gasteiger partial charge on any atom is -0.497 e. The Morgan fingerprint density at radius 1 is 1.11 bits per heavy atom. The van der Waals surface area contributed by atoms with E-state index >= 15 is 0 Å². The van der Waals surface area contributed by atoms with Crippen LogP contribution < -0.4 is 14.8 Å². The molecular weight excluding hydrogens is 378 g/mol. The second-order valence-electron chi connectivity index (χ2n) is 5.97. The number of carbonyl (C=O) groups is 1. The van der Waals surface area contributed by atoms with E-state index in [1.807, 2.05) is 30.3 Å². The lowest BCUT2D eigenvalue weighted by atomic mass is 10.2. The summed E-state index contributed by atoms with van der Waals surface area (Å²) < 4.78 is 16.1. The Balaban J connectivity index is 1.60. The van der Waals surface area contributed by atoms with Crippen molar-refractivity contribution in [1.82, 2.24) is 10.2 Å². The number of anilines is 1. The molecule has 28 heavy (non-hydrogen) atoms. The topological polar surface area (TPSA) is 86.5 Å². The van der Waals surface area contributed by atoms with Crippen LogP contribution >= 0.6 is 11.8 Å². The number of nitrogens with zero attached hydrogens (tertiary/aromatic N) is 2. The van der Waals surface area contributed by atoms with Crippen LogP contribution in [0.2, 0.25) is 0 Å². The lowest BCUT2D eigenvalue weighted by Gasteiger charge is -2.12. The summed E-state index contributed by atoms with van der Waals surface area (Å²) in [6, 6.07) is 15.1. The van der Waals surface area contributed by atoms with Crippen LogP contribution in [0.3, 0.4) is 0 Å². The van der Waals surface area contributed by atoms with Gasteiger partial charge in [0.2, 0.25) is 11.8 Å². The van der Waals surface area contributed by atoms with E-state index in [4.69, 9.17) is 13.9 Å². The predicted molar refractivity (Wildman–Crippen MR) is 107 cm³/mol. The van der Waals surface area contributed by atoms with Gasteiger partial charge in [0, 0.05) is 23.9 Å². The molecule has 0 aliphatic rings. The number of ether oxygens (including phenoxy) is 2. The van der Waals surface area contributed by atoms with Crippen molar-refractivity contribution in [3.05, 3.63) is 60.0 Å². The van der Waals surface area contributed by atoms with E-state index in [9.17, 15) is 4.79 Å². The van der Waals surface area contributed by atoms with E-state index in [0.717, 1.165) is 5.56 Å². The van der Waals surface area contributed by atoms with Gasteiger partial charge in [0.25, 0.3) is 5.22 Å². The molecule has 8 heteroatoms. The van der Waals surface area contributed by atoms with Crippen molar-refractivity contribution in [3.8, 4) is 11.5 Å². The zero-order valence-electron chi connectivity index (χ0n) is 15.8. The summed E-state index contributed by atoms with van der Waals surface area (Å²) >= 11 is 1.21. The Morgan fingerprint density at radius 3 is 2.43 bits per heavy atom. The summed E-state index contributed by atoms with van der Waals surface area (Å²) in [4.78, 5) is 12.5. The monoisotopic (exact) mass is 399 g/mol. The van der Waals surface area contributed by atoms with Gasteiger partial charge in [-0.25, -0.2) is 0 Å². The average molecular weight is 399 g/mol.